The van der Waals surface area contributed by atoms with Crippen molar-refractivity contribution < 1.29 is 4.39 Å². The Labute approximate surface area is 127 Å². The van der Waals surface area contributed by atoms with Crippen LogP contribution in [0.15, 0.2) is 35.9 Å². The molecule has 1 aliphatic carbocycles. The van der Waals surface area contributed by atoms with Crippen LogP contribution in [-0.2, 0) is 6.42 Å². The molecule has 0 aromatic heterocycles. The molecule has 0 saturated heterocycles. The van der Waals surface area contributed by atoms with Gasteiger partial charge in [-0.3, -0.25) is 0 Å². The van der Waals surface area contributed by atoms with Crippen LogP contribution < -0.4 is 10.6 Å². The molecule has 1 aliphatic rings. The Kier molecular flexibility index (Phi) is 7.47. The van der Waals surface area contributed by atoms with Gasteiger partial charge in [0.05, 0.1) is 0 Å². The molecule has 0 unspecified atom stereocenters. The third kappa shape index (κ3) is 6.87. The van der Waals surface area contributed by atoms with Gasteiger partial charge in [-0.25, -0.2) is 4.39 Å². The molecule has 0 saturated carbocycles. The molecule has 0 heterocycles. The Bertz CT molecular complexity index is 425. The Hall–Kier alpha value is -1.19. The average molecular weight is 290 g/mol. The largest absolute Gasteiger partial charge is 0.315 e. The van der Waals surface area contributed by atoms with Crippen molar-refractivity contribution in [3.63, 3.8) is 0 Å². The Morgan fingerprint density at radius 1 is 0.857 bits per heavy atom. The topological polar surface area (TPSA) is 24.1 Å². The lowest BCUT2D eigenvalue weighted by atomic mass is 9.97. The second-order valence-electron chi connectivity index (χ2n) is 5.73. The van der Waals surface area contributed by atoms with Crippen molar-refractivity contribution in [3.8, 4) is 0 Å². The number of allylic oxidation sites excluding steroid dienone is 1. The molecule has 1 aromatic rings. The molecule has 0 radical (unpaired) electrons. The third-order valence-corrected chi connectivity index (χ3v) is 3.99. The van der Waals surface area contributed by atoms with E-state index in [1.807, 2.05) is 12.1 Å². The lowest BCUT2D eigenvalue weighted by molar-refractivity contribution is 0.596. The van der Waals surface area contributed by atoms with Crippen LogP contribution in [-0.4, -0.2) is 26.2 Å². The molecular formula is C18H27FN2. The first-order valence-corrected chi connectivity index (χ1v) is 8.18. The van der Waals surface area contributed by atoms with Gasteiger partial charge >= 0.3 is 0 Å². The molecule has 2 N–H and O–H groups in total. The molecule has 21 heavy (non-hydrogen) atoms. The molecule has 3 heteroatoms. The summed E-state index contributed by atoms with van der Waals surface area (Å²) in [7, 11) is 0. The van der Waals surface area contributed by atoms with Crippen LogP contribution in [0.5, 0.6) is 0 Å². The maximum absolute atomic E-state index is 12.8. The SMILES string of the molecule is Fc1ccc(CCNCCNCCC2=CCCCC2)cc1. The van der Waals surface area contributed by atoms with E-state index in [-0.39, 0.29) is 5.82 Å². The van der Waals surface area contributed by atoms with Crippen LogP contribution >= 0.6 is 0 Å². The van der Waals surface area contributed by atoms with E-state index in [0.717, 1.165) is 32.6 Å². The summed E-state index contributed by atoms with van der Waals surface area (Å²) >= 11 is 0. The number of nitrogens with one attached hydrogen (secondary N) is 2. The Balaban J connectivity index is 1.43. The fourth-order valence-corrected chi connectivity index (χ4v) is 2.69. The fourth-order valence-electron chi connectivity index (χ4n) is 2.69. The first-order valence-electron chi connectivity index (χ1n) is 8.18. The van der Waals surface area contributed by atoms with Gasteiger partial charge in [-0.15, -0.1) is 0 Å². The van der Waals surface area contributed by atoms with Crippen molar-refractivity contribution in [2.45, 2.75) is 38.5 Å². The minimum Gasteiger partial charge on any atom is -0.315 e. The molecular weight excluding hydrogens is 263 g/mol. The summed E-state index contributed by atoms with van der Waals surface area (Å²) in [5.41, 5.74) is 2.82. The molecule has 0 aliphatic heterocycles. The van der Waals surface area contributed by atoms with Gasteiger partial charge in [-0.1, -0.05) is 23.8 Å². The van der Waals surface area contributed by atoms with E-state index in [2.05, 4.69) is 16.7 Å². The van der Waals surface area contributed by atoms with Crippen LogP contribution in [0, 0.1) is 5.82 Å². The van der Waals surface area contributed by atoms with Crippen LogP contribution in [0.25, 0.3) is 0 Å². The van der Waals surface area contributed by atoms with Crippen LogP contribution in [0.3, 0.4) is 0 Å². The summed E-state index contributed by atoms with van der Waals surface area (Å²) in [6.07, 6.45) is 9.90. The summed E-state index contributed by atoms with van der Waals surface area (Å²) in [6, 6.07) is 6.76. The molecule has 0 bridgehead atoms. The number of rotatable bonds is 9. The van der Waals surface area contributed by atoms with E-state index in [1.54, 1.807) is 5.57 Å². The molecule has 0 atom stereocenters. The van der Waals surface area contributed by atoms with Crippen LogP contribution in [0.4, 0.5) is 4.39 Å². The molecule has 1 aromatic carbocycles. The number of hydrogen-bond acceptors (Lipinski definition) is 2. The molecule has 0 spiro atoms. The second kappa shape index (κ2) is 9.69. The zero-order valence-electron chi connectivity index (χ0n) is 12.8. The van der Waals surface area contributed by atoms with E-state index < -0.39 is 0 Å². The molecule has 0 amide bonds. The van der Waals surface area contributed by atoms with Crippen molar-refractivity contribution in [1.82, 2.24) is 10.6 Å². The van der Waals surface area contributed by atoms with Gasteiger partial charge in [0.25, 0.3) is 0 Å². The highest BCUT2D eigenvalue weighted by atomic mass is 19.1. The van der Waals surface area contributed by atoms with Crippen molar-refractivity contribution in [1.29, 1.82) is 0 Å². The average Bonchev–Trinajstić information content (AvgIpc) is 2.53. The highest BCUT2D eigenvalue weighted by molar-refractivity contribution is 5.16. The van der Waals surface area contributed by atoms with E-state index in [9.17, 15) is 4.39 Å². The zero-order valence-corrected chi connectivity index (χ0v) is 12.8. The van der Waals surface area contributed by atoms with E-state index >= 15 is 0 Å². The minimum atomic E-state index is -0.163. The summed E-state index contributed by atoms with van der Waals surface area (Å²) in [4.78, 5) is 0. The van der Waals surface area contributed by atoms with E-state index in [1.165, 1.54) is 49.8 Å². The Morgan fingerprint density at radius 3 is 2.24 bits per heavy atom. The molecule has 2 rings (SSSR count). The maximum Gasteiger partial charge on any atom is 0.123 e. The molecule has 2 nitrogen and oxygen atoms in total. The van der Waals surface area contributed by atoms with Crippen molar-refractivity contribution >= 4 is 0 Å². The normalized spacial score (nSPS) is 15.0. The number of benzene rings is 1. The fraction of sp³-hybridized carbons (Fsp3) is 0.556. The van der Waals surface area contributed by atoms with Gasteiger partial charge in [0.2, 0.25) is 0 Å². The van der Waals surface area contributed by atoms with Crippen LogP contribution in [0.2, 0.25) is 0 Å². The summed E-state index contributed by atoms with van der Waals surface area (Å²) < 4.78 is 12.8. The Morgan fingerprint density at radius 2 is 1.57 bits per heavy atom. The van der Waals surface area contributed by atoms with Gasteiger partial charge in [0.15, 0.2) is 0 Å². The quantitative estimate of drug-likeness (QED) is 0.538. The van der Waals surface area contributed by atoms with Gasteiger partial charge < -0.3 is 10.6 Å². The first kappa shape index (κ1) is 16.2. The predicted octanol–water partition coefficient (Wildman–Crippen LogP) is 3.44. The summed E-state index contributed by atoms with van der Waals surface area (Å²) in [5, 5.41) is 6.90. The minimum absolute atomic E-state index is 0.163. The van der Waals surface area contributed by atoms with E-state index in [4.69, 9.17) is 0 Å². The molecule has 116 valence electrons. The molecule has 0 fully saturated rings. The maximum atomic E-state index is 12.8. The first-order chi connectivity index (χ1) is 10.3. The highest BCUT2D eigenvalue weighted by Gasteiger charge is 2.02. The van der Waals surface area contributed by atoms with Gasteiger partial charge in [-0.2, -0.15) is 0 Å². The summed E-state index contributed by atoms with van der Waals surface area (Å²) in [5.74, 6) is -0.163. The number of hydrogen-bond donors (Lipinski definition) is 2. The van der Waals surface area contributed by atoms with Crippen molar-refractivity contribution in [2.75, 3.05) is 26.2 Å². The summed E-state index contributed by atoms with van der Waals surface area (Å²) in [6.45, 7) is 4.03. The van der Waals surface area contributed by atoms with Crippen LogP contribution in [0.1, 0.15) is 37.7 Å². The number of halogens is 1. The van der Waals surface area contributed by atoms with Gasteiger partial charge in [0, 0.05) is 13.1 Å². The second-order valence-corrected chi connectivity index (χ2v) is 5.73. The third-order valence-electron chi connectivity index (χ3n) is 3.99. The monoisotopic (exact) mass is 290 g/mol. The lowest BCUT2D eigenvalue weighted by Gasteiger charge is -2.13. The van der Waals surface area contributed by atoms with Crippen molar-refractivity contribution in [2.24, 2.45) is 0 Å². The zero-order chi connectivity index (χ0) is 14.8. The van der Waals surface area contributed by atoms with Gasteiger partial charge in [0.1, 0.15) is 5.82 Å². The highest BCUT2D eigenvalue weighted by Crippen LogP contribution is 2.19. The predicted molar refractivity (Wildman–Crippen MR) is 87.0 cm³/mol. The standard InChI is InChI=1S/C18H27FN2/c19-18-8-6-17(7-9-18)11-13-21-15-14-20-12-10-16-4-2-1-3-5-16/h4,6-9,20-21H,1-3,5,10-15H2. The lowest BCUT2D eigenvalue weighted by Crippen LogP contribution is -2.29. The smallest absolute Gasteiger partial charge is 0.123 e. The van der Waals surface area contributed by atoms with Crippen molar-refractivity contribution in [3.05, 3.63) is 47.3 Å². The van der Waals surface area contributed by atoms with Gasteiger partial charge in [-0.05, 0) is 69.3 Å². The van der Waals surface area contributed by atoms with E-state index in [0.29, 0.717) is 0 Å².